The molecule has 0 saturated carbocycles. The maximum absolute atomic E-state index is 14.4. The van der Waals surface area contributed by atoms with Crippen LogP contribution in [0.1, 0.15) is 22.6 Å². The number of nitrogens with two attached hydrogens (primary N) is 1. The van der Waals surface area contributed by atoms with Crippen LogP contribution < -0.4 is 5.73 Å². The largest absolute Gasteiger partial charge is 0.434 e. The Morgan fingerprint density at radius 2 is 1.66 bits per heavy atom. The lowest BCUT2D eigenvalue weighted by molar-refractivity contribution is -0.141. The first-order valence-corrected chi connectivity index (χ1v) is 12.1. The zero-order valence-corrected chi connectivity index (χ0v) is 20.2. The first-order chi connectivity index (χ1) is 17.8. The Hall–Kier alpha value is -4.20. The van der Waals surface area contributed by atoms with Gasteiger partial charge in [-0.2, -0.15) is 13.2 Å². The van der Waals surface area contributed by atoms with E-state index < -0.39 is 45.2 Å². The highest BCUT2D eigenvalue weighted by Gasteiger charge is 2.32. The maximum atomic E-state index is 14.4. The topological polar surface area (TPSA) is 103 Å². The van der Waals surface area contributed by atoms with E-state index in [2.05, 4.69) is 15.0 Å². The average molecular weight is 553 g/mol. The molecule has 2 aromatic heterocycles. The van der Waals surface area contributed by atoms with Crippen molar-refractivity contribution < 1.29 is 34.8 Å². The van der Waals surface area contributed by atoms with Crippen molar-refractivity contribution >= 4 is 15.9 Å². The van der Waals surface area contributed by atoms with Crippen LogP contribution in [-0.2, 0) is 22.7 Å². The molecule has 2 aromatic carbocycles. The summed E-state index contributed by atoms with van der Waals surface area (Å²) in [6.07, 6.45) is -3.33. The fourth-order valence-corrected chi connectivity index (χ4v) is 5.07. The molecule has 2 heterocycles. The smallest absolute Gasteiger partial charge is 0.382 e. The number of amidine groups is 1. The summed E-state index contributed by atoms with van der Waals surface area (Å²) in [4.78, 5) is 10.7. The predicted molar refractivity (Wildman–Crippen MR) is 125 cm³/mol. The molecule has 0 bridgehead atoms. The van der Waals surface area contributed by atoms with Gasteiger partial charge < -0.3 is 5.73 Å². The molecular formula is C24H17F6N5O2S. The number of nitrogens with zero attached hydrogens (tertiary/aromatic N) is 4. The molecule has 0 spiro atoms. The Bertz CT molecular complexity index is 1630. The number of rotatable bonds is 6. The van der Waals surface area contributed by atoms with Gasteiger partial charge in [0.1, 0.15) is 29.0 Å². The van der Waals surface area contributed by atoms with Crippen molar-refractivity contribution in [1.29, 1.82) is 0 Å². The average Bonchev–Trinajstić information content (AvgIpc) is 3.17. The molecule has 0 saturated heterocycles. The standard InChI is InChI=1S/C24H17F6N5O2S/c1-13-19(27)9-21(35(13)38(36,37)18-4-2-16(25)3-5-18)23(31)34-10-14-6-15(8-17(26)7-14)20-11-33-22(12-32-20)24(28,29)30/h2-9,11-12H,10H2,1H3,(H2,31,34). The monoisotopic (exact) mass is 553 g/mol. The molecule has 4 aromatic rings. The molecule has 0 unspecified atom stereocenters. The van der Waals surface area contributed by atoms with E-state index in [1.165, 1.54) is 13.0 Å². The van der Waals surface area contributed by atoms with Crippen LogP contribution in [0.4, 0.5) is 26.3 Å². The predicted octanol–water partition coefficient (Wildman–Crippen LogP) is 4.83. The van der Waals surface area contributed by atoms with Gasteiger partial charge >= 0.3 is 6.18 Å². The summed E-state index contributed by atoms with van der Waals surface area (Å²) >= 11 is 0. The number of halogens is 6. The number of aliphatic imine (C=N–C) groups is 1. The van der Waals surface area contributed by atoms with E-state index >= 15 is 0 Å². The molecule has 2 N–H and O–H groups in total. The summed E-state index contributed by atoms with van der Waals surface area (Å²) in [7, 11) is -4.39. The van der Waals surface area contributed by atoms with Gasteiger partial charge in [0, 0.05) is 11.6 Å². The molecule has 14 heteroatoms. The molecule has 198 valence electrons. The van der Waals surface area contributed by atoms with Gasteiger partial charge in [0.05, 0.1) is 35.2 Å². The van der Waals surface area contributed by atoms with E-state index in [4.69, 9.17) is 5.73 Å². The highest BCUT2D eigenvalue weighted by molar-refractivity contribution is 7.90. The van der Waals surface area contributed by atoms with Gasteiger partial charge in [-0.1, -0.05) is 0 Å². The van der Waals surface area contributed by atoms with Crippen molar-refractivity contribution in [2.45, 2.75) is 24.5 Å². The summed E-state index contributed by atoms with van der Waals surface area (Å²) in [5, 5.41) is 0. The Kier molecular flexibility index (Phi) is 7.02. The second-order valence-corrected chi connectivity index (χ2v) is 9.81. The molecular weight excluding hydrogens is 536 g/mol. The third-order valence-corrected chi connectivity index (χ3v) is 7.19. The molecule has 0 aliphatic heterocycles. The molecule has 0 atom stereocenters. The van der Waals surface area contributed by atoms with Gasteiger partial charge in [0.2, 0.25) is 0 Å². The van der Waals surface area contributed by atoms with E-state index in [-0.39, 0.29) is 39.6 Å². The van der Waals surface area contributed by atoms with Crippen molar-refractivity contribution in [3.63, 3.8) is 0 Å². The summed E-state index contributed by atoms with van der Waals surface area (Å²) in [5.41, 5.74) is 4.45. The molecule has 38 heavy (non-hydrogen) atoms. The first-order valence-electron chi connectivity index (χ1n) is 10.7. The lowest BCUT2D eigenvalue weighted by Gasteiger charge is -2.12. The van der Waals surface area contributed by atoms with Crippen LogP contribution in [-0.4, -0.2) is 28.2 Å². The van der Waals surface area contributed by atoms with Crippen LogP contribution in [0.5, 0.6) is 0 Å². The summed E-state index contributed by atoms with van der Waals surface area (Å²) in [6, 6.07) is 8.25. The Morgan fingerprint density at radius 3 is 2.26 bits per heavy atom. The third kappa shape index (κ3) is 5.39. The van der Waals surface area contributed by atoms with Gasteiger partial charge in [-0.05, 0) is 55.0 Å². The Morgan fingerprint density at radius 1 is 0.974 bits per heavy atom. The number of aromatic nitrogens is 3. The fourth-order valence-electron chi connectivity index (χ4n) is 3.53. The molecule has 0 aliphatic carbocycles. The Labute approximate surface area is 212 Å². The zero-order chi connectivity index (χ0) is 27.8. The van der Waals surface area contributed by atoms with Crippen molar-refractivity contribution in [1.82, 2.24) is 13.9 Å². The van der Waals surface area contributed by atoms with E-state index in [0.717, 1.165) is 48.7 Å². The van der Waals surface area contributed by atoms with Crippen LogP contribution in [0.25, 0.3) is 11.3 Å². The van der Waals surface area contributed by atoms with E-state index in [1.54, 1.807) is 0 Å². The van der Waals surface area contributed by atoms with Crippen LogP contribution >= 0.6 is 0 Å². The summed E-state index contributed by atoms with van der Waals surface area (Å²) < 4.78 is 107. The van der Waals surface area contributed by atoms with Crippen LogP contribution in [0, 0.1) is 24.4 Å². The zero-order valence-electron chi connectivity index (χ0n) is 19.3. The van der Waals surface area contributed by atoms with Gasteiger partial charge in [-0.3, -0.25) is 9.98 Å². The van der Waals surface area contributed by atoms with Gasteiger partial charge in [-0.15, -0.1) is 0 Å². The van der Waals surface area contributed by atoms with Crippen LogP contribution in [0.2, 0.25) is 0 Å². The number of alkyl halides is 3. The van der Waals surface area contributed by atoms with Crippen LogP contribution in [0.15, 0.2) is 70.8 Å². The quantitative estimate of drug-likeness (QED) is 0.209. The number of hydrogen-bond donors (Lipinski definition) is 1. The molecule has 7 nitrogen and oxygen atoms in total. The lowest BCUT2D eigenvalue weighted by Crippen LogP contribution is -2.24. The van der Waals surface area contributed by atoms with Crippen molar-refractivity contribution in [2.24, 2.45) is 10.7 Å². The first kappa shape index (κ1) is 26.9. The maximum Gasteiger partial charge on any atom is 0.434 e. The molecule has 0 fully saturated rings. The summed E-state index contributed by atoms with van der Waals surface area (Å²) in [5.74, 6) is -2.71. The van der Waals surface area contributed by atoms with Crippen molar-refractivity contribution in [3.8, 4) is 11.3 Å². The highest BCUT2D eigenvalue weighted by Crippen LogP contribution is 2.28. The van der Waals surface area contributed by atoms with Crippen molar-refractivity contribution in [2.75, 3.05) is 0 Å². The van der Waals surface area contributed by atoms with E-state index in [9.17, 15) is 34.8 Å². The molecule has 0 amide bonds. The number of hydrogen-bond acceptors (Lipinski definition) is 5. The minimum atomic E-state index is -4.69. The Balaban J connectivity index is 1.67. The van der Waals surface area contributed by atoms with Gasteiger partial charge in [-0.25, -0.2) is 30.5 Å². The van der Waals surface area contributed by atoms with Gasteiger partial charge in [0.25, 0.3) is 10.0 Å². The number of benzene rings is 2. The van der Waals surface area contributed by atoms with E-state index in [1.807, 2.05) is 0 Å². The second-order valence-electron chi connectivity index (χ2n) is 8.02. The minimum Gasteiger partial charge on any atom is -0.382 e. The molecule has 0 radical (unpaired) electrons. The van der Waals surface area contributed by atoms with E-state index in [0.29, 0.717) is 10.2 Å². The normalized spacial score (nSPS) is 12.7. The summed E-state index contributed by atoms with van der Waals surface area (Å²) in [6.45, 7) is 0.907. The second kappa shape index (κ2) is 9.93. The molecule has 0 aliphatic rings. The minimum absolute atomic E-state index is 0.0346. The van der Waals surface area contributed by atoms with Crippen LogP contribution in [0.3, 0.4) is 0 Å². The SMILES string of the molecule is Cc1c(F)cc(C(N)=NCc2cc(F)cc(-c3cnc(C(F)(F)F)cn3)c2)n1S(=O)(=O)c1ccc(F)cc1. The third-order valence-electron chi connectivity index (χ3n) is 5.37. The fraction of sp³-hybridized carbons (Fsp3) is 0.125. The van der Waals surface area contributed by atoms with Crippen molar-refractivity contribution in [3.05, 3.63) is 101 Å². The van der Waals surface area contributed by atoms with Gasteiger partial charge in [0.15, 0.2) is 5.69 Å². The lowest BCUT2D eigenvalue weighted by atomic mass is 10.1. The highest BCUT2D eigenvalue weighted by atomic mass is 32.2. The molecule has 4 rings (SSSR count).